The number of piperazine rings is 1. The minimum Gasteiger partial charge on any atom is -0.311 e. The van der Waals surface area contributed by atoms with Gasteiger partial charge in [0.25, 0.3) is 0 Å². The third-order valence-corrected chi connectivity index (χ3v) is 7.53. The highest BCUT2D eigenvalue weighted by atomic mass is 32.2. The number of nitrogens with zero attached hydrogens (tertiary/aromatic N) is 3. The van der Waals surface area contributed by atoms with E-state index in [0.29, 0.717) is 19.6 Å². The maximum absolute atomic E-state index is 12.9. The van der Waals surface area contributed by atoms with Gasteiger partial charge in [-0.15, -0.1) is 11.8 Å². The average molecular weight is 370 g/mol. The first-order valence-corrected chi connectivity index (χ1v) is 10.6. The van der Waals surface area contributed by atoms with Gasteiger partial charge in [-0.25, -0.2) is 8.42 Å². The number of sulfonamides is 1. The highest BCUT2D eigenvalue weighted by Gasteiger charge is 2.29. The molecule has 0 atom stereocenters. The van der Waals surface area contributed by atoms with Crippen LogP contribution in [0.25, 0.3) is 0 Å². The zero-order valence-corrected chi connectivity index (χ0v) is 15.7. The quantitative estimate of drug-likeness (QED) is 0.790. The highest BCUT2D eigenvalue weighted by Crippen LogP contribution is 2.36. The van der Waals surface area contributed by atoms with E-state index in [1.165, 1.54) is 11.2 Å². The fraction of sp³-hybridized carbons (Fsp3) is 0.562. The molecule has 8 heteroatoms. The van der Waals surface area contributed by atoms with E-state index in [1.807, 2.05) is 13.1 Å². The summed E-state index contributed by atoms with van der Waals surface area (Å²) in [5.74, 6) is 0.884. The van der Waals surface area contributed by atoms with Crippen LogP contribution in [0.4, 0.5) is 5.69 Å². The molecular weight excluding hydrogens is 346 g/mol. The van der Waals surface area contributed by atoms with Gasteiger partial charge in [-0.3, -0.25) is 4.79 Å². The van der Waals surface area contributed by atoms with E-state index in [9.17, 15) is 13.2 Å². The molecule has 2 heterocycles. The fourth-order valence-corrected chi connectivity index (χ4v) is 5.44. The van der Waals surface area contributed by atoms with Crippen LogP contribution in [0, 0.1) is 0 Å². The molecule has 0 radical (unpaired) electrons. The van der Waals surface area contributed by atoms with Gasteiger partial charge in [0.15, 0.2) is 0 Å². The molecule has 132 valence electrons. The second-order valence-electron chi connectivity index (χ2n) is 6.21. The molecule has 0 aliphatic carbocycles. The van der Waals surface area contributed by atoms with Gasteiger partial charge in [0, 0.05) is 44.5 Å². The Hall–Kier alpha value is -1.09. The molecule has 2 aliphatic rings. The summed E-state index contributed by atoms with van der Waals surface area (Å²) < 4.78 is 27.4. The second kappa shape index (κ2) is 7.03. The number of thioether (sulfide) groups is 1. The number of rotatable bonds is 2. The zero-order valence-electron chi connectivity index (χ0n) is 14.1. The van der Waals surface area contributed by atoms with Gasteiger partial charge in [0.2, 0.25) is 15.9 Å². The lowest BCUT2D eigenvalue weighted by molar-refractivity contribution is -0.116. The summed E-state index contributed by atoms with van der Waals surface area (Å²) in [6.07, 6.45) is 0.902. The first-order valence-electron chi connectivity index (χ1n) is 8.13. The molecule has 3 rings (SSSR count). The fourth-order valence-electron chi connectivity index (χ4n) is 3.02. The predicted molar refractivity (Wildman–Crippen MR) is 96.1 cm³/mol. The Labute approximate surface area is 147 Å². The Balaban J connectivity index is 1.96. The first kappa shape index (κ1) is 17.7. The van der Waals surface area contributed by atoms with Crippen molar-refractivity contribution in [3.8, 4) is 0 Å². The minimum absolute atomic E-state index is 0.0482. The van der Waals surface area contributed by atoms with E-state index in [1.54, 1.807) is 28.8 Å². The van der Waals surface area contributed by atoms with Crippen LogP contribution in [0.1, 0.15) is 13.3 Å². The van der Waals surface area contributed by atoms with Crippen molar-refractivity contribution in [3.05, 3.63) is 18.2 Å². The van der Waals surface area contributed by atoms with E-state index in [-0.39, 0.29) is 10.8 Å². The normalized spacial score (nSPS) is 20.5. The van der Waals surface area contributed by atoms with Crippen LogP contribution in [-0.4, -0.2) is 69.1 Å². The Bertz CT molecular complexity index is 728. The van der Waals surface area contributed by atoms with E-state index < -0.39 is 10.0 Å². The third kappa shape index (κ3) is 3.46. The minimum atomic E-state index is -3.52. The van der Waals surface area contributed by atoms with E-state index >= 15 is 0 Å². The summed E-state index contributed by atoms with van der Waals surface area (Å²) in [5.41, 5.74) is 0.722. The van der Waals surface area contributed by atoms with Gasteiger partial charge in [-0.1, -0.05) is 0 Å². The van der Waals surface area contributed by atoms with Crippen LogP contribution in [-0.2, 0) is 14.8 Å². The lowest BCUT2D eigenvalue weighted by Gasteiger charge is -2.32. The van der Waals surface area contributed by atoms with Gasteiger partial charge >= 0.3 is 0 Å². The monoisotopic (exact) mass is 369 g/mol. The van der Waals surface area contributed by atoms with Gasteiger partial charge in [0.1, 0.15) is 0 Å². The van der Waals surface area contributed by atoms with Crippen molar-refractivity contribution in [2.24, 2.45) is 0 Å². The van der Waals surface area contributed by atoms with Crippen molar-refractivity contribution < 1.29 is 13.2 Å². The standard InChI is InChI=1S/C16H23N3O3S2/c1-13(20)19-6-3-11-23-16-5-4-14(12-15(16)19)24(21,22)18-9-7-17(2)8-10-18/h4-5,12H,3,6-11H2,1-2H3. The number of likely N-dealkylation sites (N-methyl/N-ethyl adjacent to an activating group) is 1. The van der Waals surface area contributed by atoms with Crippen molar-refractivity contribution >= 4 is 33.4 Å². The van der Waals surface area contributed by atoms with Crippen molar-refractivity contribution in [2.45, 2.75) is 23.1 Å². The maximum atomic E-state index is 12.9. The SMILES string of the molecule is CC(=O)N1CCCSc2ccc(S(=O)(=O)N3CCN(C)CC3)cc21. The maximum Gasteiger partial charge on any atom is 0.243 e. The van der Waals surface area contributed by atoms with Crippen LogP contribution in [0.15, 0.2) is 28.0 Å². The van der Waals surface area contributed by atoms with E-state index in [4.69, 9.17) is 0 Å². The van der Waals surface area contributed by atoms with Gasteiger partial charge in [-0.2, -0.15) is 4.31 Å². The predicted octanol–water partition coefficient (Wildman–Crippen LogP) is 1.47. The van der Waals surface area contributed by atoms with Gasteiger partial charge in [-0.05, 0) is 37.4 Å². The Morgan fingerprint density at radius 2 is 1.83 bits per heavy atom. The molecule has 1 fully saturated rings. The molecule has 0 spiro atoms. The van der Waals surface area contributed by atoms with Gasteiger partial charge in [0.05, 0.1) is 10.6 Å². The lowest BCUT2D eigenvalue weighted by atomic mass is 10.2. The highest BCUT2D eigenvalue weighted by molar-refractivity contribution is 7.99. The second-order valence-corrected chi connectivity index (χ2v) is 9.28. The molecule has 0 unspecified atom stereocenters. The molecule has 0 N–H and O–H groups in total. The summed E-state index contributed by atoms with van der Waals surface area (Å²) in [6, 6.07) is 5.18. The molecule has 0 bridgehead atoms. The van der Waals surface area contributed by atoms with Crippen molar-refractivity contribution in [3.63, 3.8) is 0 Å². The largest absolute Gasteiger partial charge is 0.311 e. The number of fused-ring (bicyclic) bond motifs is 1. The summed E-state index contributed by atoms with van der Waals surface area (Å²) in [4.78, 5) is 17.0. The van der Waals surface area contributed by atoms with Gasteiger partial charge < -0.3 is 9.80 Å². The number of hydrogen-bond acceptors (Lipinski definition) is 5. The number of anilines is 1. The lowest BCUT2D eigenvalue weighted by Crippen LogP contribution is -2.47. The zero-order chi connectivity index (χ0) is 17.3. The molecule has 1 aromatic rings. The van der Waals surface area contributed by atoms with Crippen LogP contribution in [0.5, 0.6) is 0 Å². The number of amides is 1. The Morgan fingerprint density at radius 3 is 2.50 bits per heavy atom. The average Bonchev–Trinajstić information content (AvgIpc) is 2.77. The summed E-state index contributed by atoms with van der Waals surface area (Å²) in [5, 5.41) is 0. The summed E-state index contributed by atoms with van der Waals surface area (Å²) >= 11 is 1.68. The molecular formula is C16H23N3O3S2. The third-order valence-electron chi connectivity index (χ3n) is 4.48. The van der Waals surface area contributed by atoms with E-state index in [0.717, 1.165) is 35.8 Å². The van der Waals surface area contributed by atoms with Crippen LogP contribution in [0.3, 0.4) is 0 Å². The molecule has 6 nitrogen and oxygen atoms in total. The number of hydrogen-bond donors (Lipinski definition) is 0. The number of carbonyl (C=O) groups excluding carboxylic acids is 1. The van der Waals surface area contributed by atoms with E-state index in [2.05, 4.69) is 4.90 Å². The van der Waals surface area contributed by atoms with Crippen molar-refractivity contribution in [1.29, 1.82) is 0 Å². The van der Waals surface area contributed by atoms with Crippen LogP contribution in [0.2, 0.25) is 0 Å². The Kier molecular flexibility index (Phi) is 5.19. The van der Waals surface area contributed by atoms with Crippen molar-refractivity contribution in [1.82, 2.24) is 9.21 Å². The Morgan fingerprint density at radius 1 is 1.12 bits per heavy atom. The molecule has 0 saturated carbocycles. The molecule has 2 aliphatic heterocycles. The van der Waals surface area contributed by atoms with Crippen LogP contribution < -0.4 is 4.90 Å². The number of carbonyl (C=O) groups is 1. The summed E-state index contributed by atoms with van der Waals surface area (Å²) in [7, 11) is -1.53. The smallest absolute Gasteiger partial charge is 0.243 e. The summed E-state index contributed by atoms with van der Waals surface area (Å²) in [6.45, 7) is 4.64. The first-order chi connectivity index (χ1) is 11.4. The van der Waals surface area contributed by atoms with Crippen LogP contribution >= 0.6 is 11.8 Å². The van der Waals surface area contributed by atoms with Crippen molar-refractivity contribution in [2.75, 3.05) is 50.4 Å². The molecule has 0 aromatic heterocycles. The number of benzene rings is 1. The molecule has 1 amide bonds. The molecule has 1 aromatic carbocycles. The molecule has 1 saturated heterocycles. The topological polar surface area (TPSA) is 60.9 Å². The molecule has 24 heavy (non-hydrogen) atoms.